The van der Waals surface area contributed by atoms with Crippen molar-refractivity contribution in [2.75, 3.05) is 0 Å². The van der Waals surface area contributed by atoms with E-state index in [9.17, 15) is 4.79 Å². The lowest BCUT2D eigenvalue weighted by Crippen LogP contribution is -2.23. The fourth-order valence-corrected chi connectivity index (χ4v) is 1.84. The van der Waals surface area contributed by atoms with Gasteiger partial charge in [-0.2, -0.15) is 5.10 Å². The van der Waals surface area contributed by atoms with E-state index in [1.807, 2.05) is 20.2 Å². The first kappa shape index (κ1) is 12.8. The average molecular weight is 309 g/mol. The minimum absolute atomic E-state index is 0.141. The molecule has 0 saturated heterocycles. The molecule has 1 amide bonds. The molecule has 2 aromatic rings. The highest BCUT2D eigenvalue weighted by molar-refractivity contribution is 9.10. The number of carbonyl (C=O) groups is 1. The summed E-state index contributed by atoms with van der Waals surface area (Å²) >= 11 is 3.23. The van der Waals surface area contributed by atoms with Crippen LogP contribution in [0.25, 0.3) is 0 Å². The maximum atomic E-state index is 11.9. The lowest BCUT2D eigenvalue weighted by molar-refractivity contribution is 0.0950. The number of nitrogens with zero attached hydrogens (tertiary/aromatic N) is 3. The number of amides is 1. The van der Waals surface area contributed by atoms with Crippen LogP contribution in [0.2, 0.25) is 0 Å². The Morgan fingerprint density at radius 2 is 2.28 bits per heavy atom. The highest BCUT2D eigenvalue weighted by Gasteiger charge is 2.08. The second-order valence-electron chi connectivity index (χ2n) is 3.97. The van der Waals surface area contributed by atoms with Crippen molar-refractivity contribution < 1.29 is 4.79 Å². The van der Waals surface area contributed by atoms with Crippen molar-refractivity contribution in [1.29, 1.82) is 0 Å². The van der Waals surface area contributed by atoms with Gasteiger partial charge in [0.2, 0.25) is 0 Å². The SMILES string of the molecule is Cc1nn(C)cc1CNC(=O)c1ccc(Br)nc1. The molecule has 0 aliphatic carbocycles. The Balaban J connectivity index is 2.00. The van der Waals surface area contributed by atoms with Crippen LogP contribution in [0.5, 0.6) is 0 Å². The van der Waals surface area contributed by atoms with Gasteiger partial charge in [-0.25, -0.2) is 4.98 Å². The summed E-state index contributed by atoms with van der Waals surface area (Å²) in [5.74, 6) is -0.141. The van der Waals surface area contributed by atoms with Crippen molar-refractivity contribution in [3.05, 3.63) is 46.0 Å². The van der Waals surface area contributed by atoms with E-state index in [1.165, 1.54) is 6.20 Å². The van der Waals surface area contributed by atoms with Gasteiger partial charge < -0.3 is 5.32 Å². The summed E-state index contributed by atoms with van der Waals surface area (Å²) in [6, 6.07) is 3.47. The van der Waals surface area contributed by atoms with Gasteiger partial charge in [-0.15, -0.1) is 0 Å². The summed E-state index contributed by atoms with van der Waals surface area (Å²) in [6.07, 6.45) is 3.44. The number of halogens is 1. The Hall–Kier alpha value is -1.69. The van der Waals surface area contributed by atoms with Gasteiger partial charge in [-0.3, -0.25) is 9.48 Å². The normalized spacial score (nSPS) is 10.4. The molecule has 0 bridgehead atoms. The summed E-state index contributed by atoms with van der Waals surface area (Å²) in [5, 5.41) is 7.06. The molecule has 2 heterocycles. The molecule has 0 unspecified atom stereocenters. The molecule has 0 atom stereocenters. The molecule has 0 radical (unpaired) electrons. The van der Waals surface area contributed by atoms with Crippen LogP contribution in [0.4, 0.5) is 0 Å². The predicted molar refractivity (Wildman–Crippen MR) is 71.1 cm³/mol. The molecule has 5 nitrogen and oxygen atoms in total. The number of hydrogen-bond donors (Lipinski definition) is 1. The maximum Gasteiger partial charge on any atom is 0.253 e. The Labute approximate surface area is 113 Å². The largest absolute Gasteiger partial charge is 0.348 e. The smallest absolute Gasteiger partial charge is 0.253 e. The van der Waals surface area contributed by atoms with E-state index in [-0.39, 0.29) is 5.91 Å². The number of pyridine rings is 1. The van der Waals surface area contributed by atoms with E-state index in [0.717, 1.165) is 11.3 Å². The van der Waals surface area contributed by atoms with Crippen LogP contribution in [0.1, 0.15) is 21.6 Å². The molecule has 0 spiro atoms. The van der Waals surface area contributed by atoms with Gasteiger partial charge >= 0.3 is 0 Å². The topological polar surface area (TPSA) is 59.8 Å². The standard InChI is InChI=1S/C12H13BrN4O/c1-8-10(7-17(2)16-8)6-15-12(18)9-3-4-11(13)14-5-9/h3-5,7H,6H2,1-2H3,(H,15,18). The van der Waals surface area contributed by atoms with Crippen molar-refractivity contribution in [3.8, 4) is 0 Å². The summed E-state index contributed by atoms with van der Waals surface area (Å²) in [7, 11) is 1.86. The van der Waals surface area contributed by atoms with Crippen LogP contribution in [0.15, 0.2) is 29.1 Å². The molecular formula is C12H13BrN4O. The third-order valence-corrected chi connectivity index (χ3v) is 3.01. The van der Waals surface area contributed by atoms with Crippen LogP contribution in [0, 0.1) is 6.92 Å². The summed E-state index contributed by atoms with van der Waals surface area (Å²) in [6.45, 7) is 2.39. The predicted octanol–water partition coefficient (Wildman–Crippen LogP) is 1.82. The number of aryl methyl sites for hydroxylation is 2. The first-order chi connectivity index (χ1) is 8.56. The van der Waals surface area contributed by atoms with Crippen LogP contribution >= 0.6 is 15.9 Å². The Kier molecular flexibility index (Phi) is 3.76. The third kappa shape index (κ3) is 2.95. The molecule has 0 aliphatic heterocycles. The lowest BCUT2D eigenvalue weighted by atomic mass is 10.2. The summed E-state index contributed by atoms with van der Waals surface area (Å²) < 4.78 is 2.44. The second kappa shape index (κ2) is 5.30. The van der Waals surface area contributed by atoms with Crippen LogP contribution in [-0.4, -0.2) is 20.7 Å². The van der Waals surface area contributed by atoms with Crippen molar-refractivity contribution in [2.24, 2.45) is 7.05 Å². The number of rotatable bonds is 3. The van der Waals surface area contributed by atoms with Gasteiger partial charge in [0.1, 0.15) is 4.60 Å². The fourth-order valence-electron chi connectivity index (χ4n) is 1.61. The molecule has 2 aromatic heterocycles. The van der Waals surface area contributed by atoms with Gasteiger partial charge in [-0.05, 0) is 35.0 Å². The Bertz CT molecular complexity index is 562. The summed E-state index contributed by atoms with van der Waals surface area (Å²) in [5.41, 5.74) is 2.47. The van der Waals surface area contributed by atoms with Crippen LogP contribution < -0.4 is 5.32 Å². The van der Waals surface area contributed by atoms with Crippen LogP contribution in [-0.2, 0) is 13.6 Å². The van der Waals surface area contributed by atoms with E-state index in [4.69, 9.17) is 0 Å². The van der Waals surface area contributed by atoms with Gasteiger partial charge in [0.05, 0.1) is 11.3 Å². The lowest BCUT2D eigenvalue weighted by Gasteiger charge is -2.04. The van der Waals surface area contributed by atoms with E-state index in [1.54, 1.807) is 16.8 Å². The van der Waals surface area contributed by atoms with Crippen LogP contribution in [0.3, 0.4) is 0 Å². The number of carbonyl (C=O) groups excluding carboxylic acids is 1. The Morgan fingerprint density at radius 1 is 1.50 bits per heavy atom. The second-order valence-corrected chi connectivity index (χ2v) is 4.78. The van der Waals surface area contributed by atoms with Gasteiger partial charge in [0.25, 0.3) is 5.91 Å². The molecular weight excluding hydrogens is 296 g/mol. The first-order valence-electron chi connectivity index (χ1n) is 5.45. The van der Waals surface area contributed by atoms with E-state index in [2.05, 4.69) is 31.3 Å². The fraction of sp³-hybridized carbons (Fsp3) is 0.250. The minimum Gasteiger partial charge on any atom is -0.348 e. The first-order valence-corrected chi connectivity index (χ1v) is 6.24. The molecule has 6 heteroatoms. The van der Waals surface area contributed by atoms with E-state index < -0.39 is 0 Å². The van der Waals surface area contributed by atoms with Gasteiger partial charge in [0, 0.05) is 31.5 Å². The van der Waals surface area contributed by atoms with Crippen molar-refractivity contribution >= 4 is 21.8 Å². The van der Waals surface area contributed by atoms with E-state index >= 15 is 0 Å². The molecule has 1 N–H and O–H groups in total. The quantitative estimate of drug-likeness (QED) is 0.880. The molecule has 0 fully saturated rings. The molecule has 0 aromatic carbocycles. The zero-order valence-corrected chi connectivity index (χ0v) is 11.7. The van der Waals surface area contributed by atoms with E-state index in [0.29, 0.717) is 16.7 Å². The number of hydrogen-bond acceptors (Lipinski definition) is 3. The minimum atomic E-state index is -0.141. The van der Waals surface area contributed by atoms with Gasteiger partial charge in [0.15, 0.2) is 0 Å². The molecule has 2 rings (SSSR count). The summed E-state index contributed by atoms with van der Waals surface area (Å²) in [4.78, 5) is 15.9. The number of nitrogens with one attached hydrogen (secondary N) is 1. The van der Waals surface area contributed by atoms with Gasteiger partial charge in [-0.1, -0.05) is 0 Å². The molecule has 0 aliphatic rings. The molecule has 0 saturated carbocycles. The van der Waals surface area contributed by atoms with Crippen molar-refractivity contribution in [1.82, 2.24) is 20.1 Å². The maximum absolute atomic E-state index is 11.9. The molecule has 94 valence electrons. The highest BCUT2D eigenvalue weighted by Crippen LogP contribution is 2.07. The van der Waals surface area contributed by atoms with Crippen molar-refractivity contribution in [3.63, 3.8) is 0 Å². The van der Waals surface area contributed by atoms with Crippen molar-refractivity contribution in [2.45, 2.75) is 13.5 Å². The highest BCUT2D eigenvalue weighted by atomic mass is 79.9. The monoisotopic (exact) mass is 308 g/mol. The average Bonchev–Trinajstić information content (AvgIpc) is 2.66. The zero-order valence-electron chi connectivity index (χ0n) is 10.1. The molecule has 18 heavy (non-hydrogen) atoms. The number of aromatic nitrogens is 3. The third-order valence-electron chi connectivity index (χ3n) is 2.54. The Morgan fingerprint density at radius 3 is 2.83 bits per heavy atom. The zero-order chi connectivity index (χ0) is 13.1.